The Hall–Kier alpha value is -3.94. The Bertz CT molecular complexity index is 1660. The quantitative estimate of drug-likeness (QED) is 0.311. The Kier molecular flexibility index (Phi) is 6.11. The summed E-state index contributed by atoms with van der Waals surface area (Å²) in [6.07, 6.45) is 0. The first-order chi connectivity index (χ1) is 17.0. The van der Waals surface area contributed by atoms with Gasteiger partial charge in [-0.1, -0.05) is 59.8 Å². The van der Waals surface area contributed by atoms with Crippen LogP contribution in [0.15, 0.2) is 109 Å². The number of aromatic nitrogens is 1. The maximum Gasteiger partial charge on any atom is 0.354 e. The van der Waals surface area contributed by atoms with Gasteiger partial charge in [0.1, 0.15) is 21.6 Å². The predicted molar refractivity (Wildman–Crippen MR) is 137 cm³/mol. The number of pyridine rings is 1. The second-order valence-electron chi connectivity index (χ2n) is 7.60. The smallest absolute Gasteiger partial charge is 0.354 e. The molecular formula is C27H18ClNO5S. The molecule has 0 radical (unpaired) electrons. The van der Waals surface area contributed by atoms with Crippen LogP contribution in [0.25, 0.3) is 27.9 Å². The lowest BCUT2D eigenvalue weighted by Crippen LogP contribution is -2.21. The van der Waals surface area contributed by atoms with Crippen molar-refractivity contribution in [1.82, 2.24) is 4.57 Å². The van der Waals surface area contributed by atoms with E-state index in [0.29, 0.717) is 27.0 Å². The van der Waals surface area contributed by atoms with Crippen molar-refractivity contribution >= 4 is 34.3 Å². The number of hydrogen-bond acceptors (Lipinski definition) is 6. The maximum absolute atomic E-state index is 13.8. The minimum atomic E-state index is -0.749. The van der Waals surface area contributed by atoms with Gasteiger partial charge >= 0.3 is 5.63 Å². The van der Waals surface area contributed by atoms with Crippen LogP contribution in [0, 0.1) is 0 Å². The van der Waals surface area contributed by atoms with Gasteiger partial charge in [-0.05, 0) is 48.0 Å². The molecule has 1 N–H and O–H groups in total. The summed E-state index contributed by atoms with van der Waals surface area (Å²) in [4.78, 5) is 27.2. The molecule has 0 amide bonds. The highest BCUT2D eigenvalue weighted by atomic mass is 35.5. The highest BCUT2D eigenvalue weighted by molar-refractivity contribution is 7.99. The zero-order valence-corrected chi connectivity index (χ0v) is 20.0. The SMILES string of the molecule is COc1ccc(-n2c(-c3ccccc3)cc3oc(=O)c(Sc4cccc(Cl)c4)c(O)c3c2=O)cc1. The lowest BCUT2D eigenvalue weighted by Gasteiger charge is -2.16. The molecule has 0 aliphatic rings. The van der Waals surface area contributed by atoms with E-state index in [0.717, 1.165) is 17.3 Å². The van der Waals surface area contributed by atoms with Crippen LogP contribution in [-0.2, 0) is 0 Å². The zero-order valence-electron chi connectivity index (χ0n) is 18.4. The van der Waals surface area contributed by atoms with E-state index in [9.17, 15) is 14.7 Å². The number of halogens is 1. The molecular weight excluding hydrogens is 486 g/mol. The summed E-state index contributed by atoms with van der Waals surface area (Å²) in [5, 5.41) is 11.5. The van der Waals surface area contributed by atoms with Gasteiger partial charge < -0.3 is 14.3 Å². The van der Waals surface area contributed by atoms with Crippen LogP contribution >= 0.6 is 23.4 Å². The Balaban J connectivity index is 1.79. The Morgan fingerprint density at radius 2 is 1.69 bits per heavy atom. The van der Waals surface area contributed by atoms with Crippen molar-refractivity contribution in [3.8, 4) is 28.4 Å². The summed E-state index contributed by atoms with van der Waals surface area (Å²) in [5.41, 5.74) is 0.525. The van der Waals surface area contributed by atoms with Crippen LogP contribution in [0.5, 0.6) is 11.5 Å². The Labute approximate surface area is 209 Å². The molecule has 8 heteroatoms. The van der Waals surface area contributed by atoms with E-state index in [-0.39, 0.29) is 15.9 Å². The van der Waals surface area contributed by atoms with E-state index < -0.39 is 16.9 Å². The van der Waals surface area contributed by atoms with Gasteiger partial charge in [-0.2, -0.15) is 0 Å². The van der Waals surface area contributed by atoms with E-state index in [1.165, 1.54) is 4.57 Å². The third-order valence-electron chi connectivity index (χ3n) is 5.43. The van der Waals surface area contributed by atoms with Crippen molar-refractivity contribution < 1.29 is 14.3 Å². The van der Waals surface area contributed by atoms with Crippen LogP contribution < -0.4 is 15.9 Å². The molecule has 5 rings (SSSR count). The van der Waals surface area contributed by atoms with Crippen LogP contribution in [0.4, 0.5) is 0 Å². The summed E-state index contributed by atoms with van der Waals surface area (Å²) in [7, 11) is 1.56. The monoisotopic (exact) mass is 503 g/mol. The summed E-state index contributed by atoms with van der Waals surface area (Å²) in [5.74, 6) is 0.200. The molecule has 2 aromatic heterocycles. The predicted octanol–water partition coefficient (Wildman–Crippen LogP) is 6.13. The van der Waals surface area contributed by atoms with Gasteiger partial charge in [0.15, 0.2) is 5.75 Å². The number of nitrogens with zero attached hydrogens (tertiary/aromatic N) is 1. The average Bonchev–Trinajstić information content (AvgIpc) is 2.87. The van der Waals surface area contributed by atoms with Crippen molar-refractivity contribution in [2.75, 3.05) is 7.11 Å². The maximum atomic E-state index is 13.8. The average molecular weight is 504 g/mol. The molecule has 6 nitrogen and oxygen atoms in total. The van der Waals surface area contributed by atoms with Gasteiger partial charge in [0.2, 0.25) is 0 Å². The molecule has 5 aromatic rings. The lowest BCUT2D eigenvalue weighted by atomic mass is 10.1. The standard InChI is InChI=1S/C27H18ClNO5S/c1-33-19-12-10-18(11-13-19)29-21(16-6-3-2-4-7-16)15-22-23(26(29)31)24(30)25(27(32)34-22)35-20-9-5-8-17(28)14-20/h2-15,30H,1H3. The van der Waals surface area contributed by atoms with E-state index >= 15 is 0 Å². The van der Waals surface area contributed by atoms with E-state index in [1.807, 2.05) is 30.3 Å². The summed E-state index contributed by atoms with van der Waals surface area (Å²) >= 11 is 7.04. The summed E-state index contributed by atoms with van der Waals surface area (Å²) in [6, 6.07) is 24.7. The first-order valence-electron chi connectivity index (χ1n) is 10.6. The first-order valence-corrected chi connectivity index (χ1v) is 11.7. The molecule has 3 aromatic carbocycles. The van der Waals surface area contributed by atoms with Crippen molar-refractivity contribution in [3.05, 3.63) is 111 Å². The van der Waals surface area contributed by atoms with Gasteiger partial charge in [0.25, 0.3) is 5.56 Å². The summed E-state index contributed by atoms with van der Waals surface area (Å²) < 4.78 is 12.3. The summed E-state index contributed by atoms with van der Waals surface area (Å²) in [6.45, 7) is 0. The normalized spacial score (nSPS) is 11.0. The van der Waals surface area contributed by atoms with Gasteiger partial charge in [-0.3, -0.25) is 9.36 Å². The van der Waals surface area contributed by atoms with Crippen molar-refractivity contribution in [1.29, 1.82) is 0 Å². The first kappa shape index (κ1) is 22.8. The highest BCUT2D eigenvalue weighted by Gasteiger charge is 2.22. The number of methoxy groups -OCH3 is 1. The minimum Gasteiger partial charge on any atom is -0.505 e. The Morgan fingerprint density at radius 3 is 2.37 bits per heavy atom. The van der Waals surface area contributed by atoms with Crippen molar-refractivity contribution in [2.24, 2.45) is 0 Å². The molecule has 2 heterocycles. The molecule has 0 bridgehead atoms. The van der Waals surface area contributed by atoms with Gasteiger partial charge in [-0.15, -0.1) is 0 Å². The number of rotatable bonds is 5. The fourth-order valence-corrected chi connectivity index (χ4v) is 4.94. The van der Waals surface area contributed by atoms with Crippen molar-refractivity contribution in [3.63, 3.8) is 0 Å². The molecule has 0 aliphatic carbocycles. The molecule has 0 aliphatic heterocycles. The third kappa shape index (κ3) is 4.32. The van der Waals surface area contributed by atoms with Gasteiger partial charge in [0, 0.05) is 21.7 Å². The number of fused-ring (bicyclic) bond motifs is 1. The van der Waals surface area contributed by atoms with Crippen LogP contribution in [0.3, 0.4) is 0 Å². The second-order valence-corrected chi connectivity index (χ2v) is 9.12. The van der Waals surface area contributed by atoms with Gasteiger partial charge in [0.05, 0.1) is 12.8 Å². The number of aromatic hydroxyl groups is 1. The fourth-order valence-electron chi connectivity index (χ4n) is 3.79. The van der Waals surface area contributed by atoms with Crippen LogP contribution in [0.1, 0.15) is 0 Å². The molecule has 0 atom stereocenters. The molecule has 0 unspecified atom stereocenters. The lowest BCUT2D eigenvalue weighted by molar-refractivity contribution is 0.414. The van der Waals surface area contributed by atoms with E-state index in [2.05, 4.69) is 0 Å². The number of hydrogen-bond donors (Lipinski definition) is 1. The molecule has 0 fully saturated rings. The molecule has 174 valence electrons. The van der Waals surface area contributed by atoms with E-state index in [1.54, 1.807) is 61.7 Å². The number of ether oxygens (including phenoxy) is 1. The van der Waals surface area contributed by atoms with Gasteiger partial charge in [-0.25, -0.2) is 4.79 Å². The third-order valence-corrected chi connectivity index (χ3v) is 6.72. The topological polar surface area (TPSA) is 81.7 Å². The Morgan fingerprint density at radius 1 is 0.943 bits per heavy atom. The molecule has 0 saturated carbocycles. The van der Waals surface area contributed by atoms with Crippen LogP contribution in [0.2, 0.25) is 5.02 Å². The van der Waals surface area contributed by atoms with Crippen molar-refractivity contribution in [2.45, 2.75) is 9.79 Å². The zero-order chi connectivity index (χ0) is 24.5. The minimum absolute atomic E-state index is 0.00319. The molecule has 0 saturated heterocycles. The second kappa shape index (κ2) is 9.37. The molecule has 35 heavy (non-hydrogen) atoms. The largest absolute Gasteiger partial charge is 0.505 e. The number of benzene rings is 3. The fraction of sp³-hybridized carbons (Fsp3) is 0.0370. The van der Waals surface area contributed by atoms with Crippen LogP contribution in [-0.4, -0.2) is 16.8 Å². The van der Waals surface area contributed by atoms with E-state index in [4.69, 9.17) is 20.8 Å². The molecule has 0 spiro atoms. The highest BCUT2D eigenvalue weighted by Crippen LogP contribution is 2.37.